The van der Waals surface area contributed by atoms with Gasteiger partial charge < -0.3 is 0 Å². The highest BCUT2D eigenvalue weighted by atomic mass is 32.1. The van der Waals surface area contributed by atoms with Gasteiger partial charge in [0.2, 0.25) is 0 Å². The fourth-order valence-corrected chi connectivity index (χ4v) is 3.21. The van der Waals surface area contributed by atoms with Crippen molar-refractivity contribution >= 4 is 28.4 Å². The smallest absolute Gasteiger partial charge is 0.286 e. The van der Waals surface area contributed by atoms with Crippen molar-refractivity contribution in [1.29, 1.82) is 0 Å². The van der Waals surface area contributed by atoms with Crippen LogP contribution in [0.5, 0.6) is 0 Å². The van der Waals surface area contributed by atoms with Gasteiger partial charge in [-0.2, -0.15) is 5.10 Å². The number of aromatic nitrogens is 2. The summed E-state index contributed by atoms with van der Waals surface area (Å²) in [4.78, 5) is 17.5. The molecule has 1 amide bonds. The second-order valence-corrected chi connectivity index (χ2v) is 7.55. The number of hydrazone groups is 1. The van der Waals surface area contributed by atoms with E-state index in [1.807, 2.05) is 30.6 Å². The van der Waals surface area contributed by atoms with Crippen molar-refractivity contribution in [2.45, 2.75) is 33.1 Å². The maximum absolute atomic E-state index is 12.3. The zero-order valence-electron chi connectivity index (χ0n) is 14.2. The van der Waals surface area contributed by atoms with E-state index in [1.54, 1.807) is 10.6 Å². The molecule has 0 saturated heterocycles. The molecule has 0 fully saturated rings. The lowest BCUT2D eigenvalue weighted by atomic mass is 9.87. The van der Waals surface area contributed by atoms with Crippen LogP contribution in [-0.4, -0.2) is 21.5 Å². The molecule has 2 heterocycles. The summed E-state index contributed by atoms with van der Waals surface area (Å²) in [6.07, 6.45) is 3.48. The Kier molecular flexibility index (Phi) is 4.24. The highest BCUT2D eigenvalue weighted by Crippen LogP contribution is 2.21. The lowest BCUT2D eigenvalue weighted by Crippen LogP contribution is -2.20. The van der Waals surface area contributed by atoms with E-state index >= 15 is 0 Å². The third-order valence-electron chi connectivity index (χ3n) is 3.81. The van der Waals surface area contributed by atoms with Gasteiger partial charge in [-0.3, -0.25) is 9.20 Å². The van der Waals surface area contributed by atoms with Crippen LogP contribution in [0.4, 0.5) is 0 Å². The summed E-state index contributed by atoms with van der Waals surface area (Å²) in [5.41, 5.74) is 6.12. The van der Waals surface area contributed by atoms with Crippen LogP contribution >= 0.6 is 11.3 Å². The topological polar surface area (TPSA) is 58.8 Å². The van der Waals surface area contributed by atoms with Crippen LogP contribution < -0.4 is 5.43 Å². The molecule has 5 nitrogen and oxygen atoms in total. The molecule has 0 bridgehead atoms. The number of amides is 1. The molecule has 1 aromatic carbocycles. The van der Waals surface area contributed by atoms with Crippen LogP contribution in [0.2, 0.25) is 0 Å². The Balaban J connectivity index is 1.71. The van der Waals surface area contributed by atoms with E-state index in [0.717, 1.165) is 10.5 Å². The number of nitrogens with zero attached hydrogens (tertiary/aromatic N) is 3. The summed E-state index contributed by atoms with van der Waals surface area (Å²) < 4.78 is 1.78. The van der Waals surface area contributed by atoms with Crippen LogP contribution in [0.15, 0.2) is 40.9 Å². The van der Waals surface area contributed by atoms with Crippen LogP contribution in [0, 0.1) is 6.92 Å². The van der Waals surface area contributed by atoms with E-state index in [-0.39, 0.29) is 11.3 Å². The number of hydrogen-bond acceptors (Lipinski definition) is 4. The van der Waals surface area contributed by atoms with Gasteiger partial charge in [0.05, 0.1) is 11.9 Å². The van der Waals surface area contributed by atoms with E-state index < -0.39 is 0 Å². The molecule has 0 saturated carbocycles. The first-order valence-electron chi connectivity index (χ1n) is 7.72. The Morgan fingerprint density at radius 3 is 2.67 bits per heavy atom. The highest BCUT2D eigenvalue weighted by Gasteiger charge is 2.16. The normalized spacial score (nSPS) is 12.2. The van der Waals surface area contributed by atoms with Gasteiger partial charge in [0.15, 0.2) is 4.96 Å². The number of thiazole rings is 1. The van der Waals surface area contributed by atoms with E-state index in [1.165, 1.54) is 16.9 Å². The summed E-state index contributed by atoms with van der Waals surface area (Å²) in [7, 11) is 0. The number of benzene rings is 1. The molecule has 0 atom stereocenters. The van der Waals surface area contributed by atoms with Gasteiger partial charge in [0.25, 0.3) is 5.91 Å². The van der Waals surface area contributed by atoms with Crippen molar-refractivity contribution in [2.24, 2.45) is 5.10 Å². The van der Waals surface area contributed by atoms with Crippen molar-refractivity contribution < 1.29 is 4.79 Å². The van der Waals surface area contributed by atoms with Crippen LogP contribution in [0.3, 0.4) is 0 Å². The molecular weight excluding hydrogens is 320 g/mol. The molecule has 2 aromatic heterocycles. The average Bonchev–Trinajstić information content (AvgIpc) is 3.06. The number of carbonyl (C=O) groups excluding carboxylic acids is 1. The van der Waals surface area contributed by atoms with Gasteiger partial charge >= 0.3 is 0 Å². The van der Waals surface area contributed by atoms with E-state index in [9.17, 15) is 4.79 Å². The Hall–Kier alpha value is -2.47. The predicted octanol–water partition coefficient (Wildman–Crippen LogP) is 3.77. The molecule has 124 valence electrons. The van der Waals surface area contributed by atoms with Crippen LogP contribution in [0.25, 0.3) is 4.96 Å². The van der Waals surface area contributed by atoms with Gasteiger partial charge in [-0.15, -0.1) is 11.3 Å². The Morgan fingerprint density at radius 1 is 1.29 bits per heavy atom. The Labute approximate surface area is 145 Å². The SMILES string of the molecule is Cc1nc2sccn2c1C(=O)N/N=C\c1ccc(C(C)(C)C)cc1. The zero-order valence-corrected chi connectivity index (χ0v) is 15.0. The van der Waals surface area contributed by atoms with Crippen molar-refractivity contribution in [3.63, 3.8) is 0 Å². The van der Waals surface area contributed by atoms with Gasteiger partial charge in [-0.1, -0.05) is 45.0 Å². The summed E-state index contributed by atoms with van der Waals surface area (Å²) in [6, 6.07) is 8.16. The number of aryl methyl sites for hydroxylation is 1. The van der Waals surface area contributed by atoms with Gasteiger partial charge in [0, 0.05) is 11.6 Å². The van der Waals surface area contributed by atoms with Crippen molar-refractivity contribution in [2.75, 3.05) is 0 Å². The fourth-order valence-electron chi connectivity index (χ4n) is 2.46. The summed E-state index contributed by atoms with van der Waals surface area (Å²) >= 11 is 1.50. The lowest BCUT2D eigenvalue weighted by molar-refractivity contribution is 0.0948. The summed E-state index contributed by atoms with van der Waals surface area (Å²) in [5.74, 6) is -0.263. The fraction of sp³-hybridized carbons (Fsp3) is 0.278. The number of nitrogens with one attached hydrogen (secondary N) is 1. The Bertz CT molecular complexity index is 897. The maximum Gasteiger partial charge on any atom is 0.290 e. The van der Waals surface area contributed by atoms with E-state index in [2.05, 4.69) is 48.4 Å². The molecule has 6 heteroatoms. The minimum Gasteiger partial charge on any atom is -0.286 e. The number of rotatable bonds is 3. The molecule has 3 rings (SSSR count). The highest BCUT2D eigenvalue weighted by molar-refractivity contribution is 7.15. The second-order valence-electron chi connectivity index (χ2n) is 6.67. The quantitative estimate of drug-likeness (QED) is 0.583. The standard InChI is InChI=1S/C18H20N4OS/c1-12-15(22-9-10-24-17(22)20-12)16(23)21-19-11-13-5-7-14(8-6-13)18(2,3)4/h5-11H,1-4H3,(H,21,23)/b19-11-. The first-order valence-corrected chi connectivity index (χ1v) is 8.60. The second kappa shape index (κ2) is 6.20. The molecular formula is C18H20N4OS. The minimum absolute atomic E-state index is 0.120. The monoisotopic (exact) mass is 340 g/mol. The van der Waals surface area contributed by atoms with Crippen molar-refractivity contribution in [1.82, 2.24) is 14.8 Å². The number of fused-ring (bicyclic) bond motifs is 1. The number of carbonyl (C=O) groups is 1. The third kappa shape index (κ3) is 3.23. The zero-order chi connectivity index (χ0) is 17.3. The van der Waals surface area contributed by atoms with Crippen LogP contribution in [-0.2, 0) is 5.41 Å². The first kappa shape index (κ1) is 16.4. The molecule has 1 N–H and O–H groups in total. The molecule has 0 aliphatic heterocycles. The van der Waals surface area contributed by atoms with E-state index in [0.29, 0.717) is 11.4 Å². The third-order valence-corrected chi connectivity index (χ3v) is 4.56. The summed E-state index contributed by atoms with van der Waals surface area (Å²) in [5, 5.41) is 5.96. The van der Waals surface area contributed by atoms with Crippen LogP contribution in [0.1, 0.15) is 48.1 Å². The minimum atomic E-state index is -0.263. The molecule has 24 heavy (non-hydrogen) atoms. The summed E-state index contributed by atoms with van der Waals surface area (Å²) in [6.45, 7) is 8.35. The number of imidazole rings is 1. The molecule has 0 radical (unpaired) electrons. The maximum atomic E-state index is 12.3. The molecule has 0 unspecified atom stereocenters. The Morgan fingerprint density at radius 2 is 2.00 bits per heavy atom. The molecule has 0 aliphatic rings. The van der Waals surface area contributed by atoms with Gasteiger partial charge in [-0.25, -0.2) is 10.4 Å². The molecule has 0 spiro atoms. The van der Waals surface area contributed by atoms with Gasteiger partial charge in [-0.05, 0) is 23.5 Å². The molecule has 0 aliphatic carbocycles. The predicted molar refractivity (Wildman–Crippen MR) is 98.0 cm³/mol. The largest absolute Gasteiger partial charge is 0.290 e. The first-order chi connectivity index (χ1) is 11.4. The van der Waals surface area contributed by atoms with Crippen molar-refractivity contribution in [3.05, 3.63) is 58.4 Å². The lowest BCUT2D eigenvalue weighted by Gasteiger charge is -2.18. The van der Waals surface area contributed by atoms with Gasteiger partial charge in [0.1, 0.15) is 5.69 Å². The number of hydrogen-bond donors (Lipinski definition) is 1. The molecule has 3 aromatic rings. The van der Waals surface area contributed by atoms with Crippen molar-refractivity contribution in [3.8, 4) is 0 Å². The average molecular weight is 340 g/mol. The van der Waals surface area contributed by atoms with E-state index in [4.69, 9.17) is 0 Å².